The summed E-state index contributed by atoms with van der Waals surface area (Å²) in [4.78, 5) is 26.1. The Bertz CT molecular complexity index is 681. The number of nitrogens with zero attached hydrogens (tertiary/aromatic N) is 2. The Kier molecular flexibility index (Phi) is 4.32. The molecule has 2 aliphatic heterocycles. The van der Waals surface area contributed by atoms with Crippen LogP contribution < -0.4 is 15.8 Å². The standard InChI is InChI=1S/C17H23FN4O3/c1-16(2,3)25-15(24)21-10-8-17(9-11-21)19-14(23)22(20-17)13-7-5-4-6-12(13)18/h4-7,20H,8-11H2,1-3H3,(H,19,23). The summed E-state index contributed by atoms with van der Waals surface area (Å²) in [6.07, 6.45) is 0.643. The van der Waals surface area contributed by atoms with Gasteiger partial charge in [-0.25, -0.2) is 24.4 Å². The molecule has 136 valence electrons. The van der Waals surface area contributed by atoms with E-state index in [1.54, 1.807) is 17.0 Å². The first-order valence-corrected chi connectivity index (χ1v) is 8.32. The van der Waals surface area contributed by atoms with Gasteiger partial charge in [0.05, 0.1) is 5.69 Å². The molecule has 8 heteroatoms. The number of anilines is 1. The van der Waals surface area contributed by atoms with Crippen LogP contribution in [0.2, 0.25) is 0 Å². The number of piperidine rings is 1. The van der Waals surface area contributed by atoms with Crippen molar-refractivity contribution in [3.63, 3.8) is 0 Å². The normalized spacial score (nSPS) is 19.9. The minimum absolute atomic E-state index is 0.173. The van der Waals surface area contributed by atoms with Gasteiger partial charge in [-0.15, -0.1) is 0 Å². The van der Waals surface area contributed by atoms with Gasteiger partial charge in [-0.2, -0.15) is 0 Å². The average Bonchev–Trinajstić information content (AvgIpc) is 2.83. The fraction of sp³-hybridized carbons (Fsp3) is 0.529. The number of ether oxygens (including phenoxy) is 1. The molecule has 2 heterocycles. The molecule has 2 aliphatic rings. The van der Waals surface area contributed by atoms with Crippen LogP contribution in [-0.2, 0) is 4.74 Å². The van der Waals surface area contributed by atoms with Crippen LogP contribution in [0.15, 0.2) is 24.3 Å². The van der Waals surface area contributed by atoms with Gasteiger partial charge < -0.3 is 15.0 Å². The Balaban J connectivity index is 1.65. The van der Waals surface area contributed by atoms with E-state index in [0.29, 0.717) is 25.9 Å². The maximum Gasteiger partial charge on any atom is 0.410 e. The quantitative estimate of drug-likeness (QED) is 0.816. The molecule has 1 spiro atoms. The third kappa shape index (κ3) is 3.68. The first-order valence-electron chi connectivity index (χ1n) is 8.32. The molecule has 0 saturated carbocycles. The van der Waals surface area contributed by atoms with Crippen LogP contribution in [0.5, 0.6) is 0 Å². The average molecular weight is 350 g/mol. The number of hydrogen-bond donors (Lipinski definition) is 2. The fourth-order valence-electron chi connectivity index (χ4n) is 2.99. The van der Waals surface area contributed by atoms with Crippen molar-refractivity contribution in [3.05, 3.63) is 30.1 Å². The summed E-state index contributed by atoms with van der Waals surface area (Å²) < 4.78 is 19.3. The molecule has 2 N–H and O–H groups in total. The van der Waals surface area contributed by atoms with Crippen molar-refractivity contribution < 1.29 is 18.7 Å². The third-order valence-corrected chi connectivity index (χ3v) is 4.24. The van der Waals surface area contributed by atoms with Gasteiger partial charge in [0.2, 0.25) is 0 Å². The number of halogens is 1. The molecule has 0 unspecified atom stereocenters. The lowest BCUT2D eigenvalue weighted by molar-refractivity contribution is 0.0147. The van der Waals surface area contributed by atoms with Crippen LogP contribution in [0.25, 0.3) is 0 Å². The van der Waals surface area contributed by atoms with E-state index in [2.05, 4.69) is 10.7 Å². The van der Waals surface area contributed by atoms with E-state index in [-0.39, 0.29) is 11.8 Å². The van der Waals surface area contributed by atoms with E-state index in [0.717, 1.165) is 0 Å². The van der Waals surface area contributed by atoms with Crippen LogP contribution in [0.1, 0.15) is 33.6 Å². The van der Waals surface area contributed by atoms with Gasteiger partial charge in [-0.05, 0) is 32.9 Å². The van der Waals surface area contributed by atoms with Crippen molar-refractivity contribution in [1.29, 1.82) is 0 Å². The highest BCUT2D eigenvalue weighted by molar-refractivity contribution is 5.94. The minimum Gasteiger partial charge on any atom is -0.444 e. The number of benzene rings is 1. The topological polar surface area (TPSA) is 73.9 Å². The van der Waals surface area contributed by atoms with E-state index in [1.807, 2.05) is 20.8 Å². The minimum atomic E-state index is -0.683. The molecule has 1 aromatic rings. The molecule has 0 aromatic heterocycles. The molecule has 1 aromatic carbocycles. The molecular formula is C17H23FN4O3. The van der Waals surface area contributed by atoms with Crippen LogP contribution in [-0.4, -0.2) is 41.4 Å². The number of hydrogen-bond acceptors (Lipinski definition) is 4. The number of amides is 3. The zero-order chi connectivity index (χ0) is 18.2. The molecule has 7 nitrogen and oxygen atoms in total. The predicted molar refractivity (Wildman–Crippen MR) is 90.3 cm³/mol. The number of nitrogens with one attached hydrogen (secondary N) is 2. The molecule has 0 atom stereocenters. The number of carbonyl (C=O) groups is 2. The van der Waals surface area contributed by atoms with Gasteiger partial charge in [-0.1, -0.05) is 12.1 Å². The lowest BCUT2D eigenvalue weighted by Gasteiger charge is -2.39. The zero-order valence-corrected chi connectivity index (χ0v) is 14.6. The van der Waals surface area contributed by atoms with Crippen molar-refractivity contribution in [2.75, 3.05) is 18.1 Å². The number of urea groups is 1. The second-order valence-electron chi connectivity index (χ2n) is 7.38. The van der Waals surface area contributed by atoms with E-state index in [9.17, 15) is 14.0 Å². The summed E-state index contributed by atoms with van der Waals surface area (Å²) in [5.41, 5.74) is 2.02. The van der Waals surface area contributed by atoms with Crippen molar-refractivity contribution in [1.82, 2.24) is 15.6 Å². The molecule has 2 saturated heterocycles. The first-order chi connectivity index (χ1) is 11.7. The van der Waals surface area contributed by atoms with E-state index in [4.69, 9.17) is 4.74 Å². The summed E-state index contributed by atoms with van der Waals surface area (Å²) in [6.45, 7) is 6.34. The lowest BCUT2D eigenvalue weighted by atomic mass is 9.98. The van der Waals surface area contributed by atoms with Crippen LogP contribution in [0.4, 0.5) is 19.7 Å². The maximum atomic E-state index is 14.0. The fourth-order valence-corrected chi connectivity index (χ4v) is 2.99. The number of likely N-dealkylation sites (tertiary alicyclic amines) is 1. The number of para-hydroxylation sites is 1. The largest absolute Gasteiger partial charge is 0.444 e. The van der Waals surface area contributed by atoms with Gasteiger partial charge in [0.1, 0.15) is 17.1 Å². The first kappa shape index (κ1) is 17.5. The molecular weight excluding hydrogens is 327 g/mol. The zero-order valence-electron chi connectivity index (χ0n) is 14.6. The summed E-state index contributed by atoms with van der Waals surface area (Å²) in [5, 5.41) is 4.08. The molecule has 0 aliphatic carbocycles. The maximum absolute atomic E-state index is 14.0. The van der Waals surface area contributed by atoms with Gasteiger partial charge in [0, 0.05) is 25.9 Å². The van der Waals surface area contributed by atoms with E-state index < -0.39 is 23.1 Å². The monoisotopic (exact) mass is 350 g/mol. The molecule has 0 radical (unpaired) electrons. The Labute approximate surface area is 146 Å². The van der Waals surface area contributed by atoms with E-state index in [1.165, 1.54) is 17.1 Å². The summed E-state index contributed by atoms with van der Waals surface area (Å²) in [5.74, 6) is -0.478. The molecule has 25 heavy (non-hydrogen) atoms. The van der Waals surface area contributed by atoms with Gasteiger partial charge >= 0.3 is 12.1 Å². The number of rotatable bonds is 1. The van der Waals surface area contributed by atoms with Crippen LogP contribution in [0.3, 0.4) is 0 Å². The lowest BCUT2D eigenvalue weighted by Crippen LogP contribution is -2.59. The van der Waals surface area contributed by atoms with Crippen molar-refractivity contribution in [2.24, 2.45) is 0 Å². The van der Waals surface area contributed by atoms with Crippen molar-refractivity contribution >= 4 is 17.8 Å². The highest BCUT2D eigenvalue weighted by Gasteiger charge is 2.46. The SMILES string of the molecule is CC(C)(C)OC(=O)N1CCC2(CC1)NC(=O)N(c1ccccc1F)N2. The van der Waals surface area contributed by atoms with Gasteiger partial charge in [0.25, 0.3) is 0 Å². The highest BCUT2D eigenvalue weighted by atomic mass is 19.1. The Morgan fingerprint density at radius 1 is 1.24 bits per heavy atom. The highest BCUT2D eigenvalue weighted by Crippen LogP contribution is 2.29. The van der Waals surface area contributed by atoms with Crippen LogP contribution >= 0.6 is 0 Å². The van der Waals surface area contributed by atoms with Crippen molar-refractivity contribution in [2.45, 2.75) is 44.9 Å². The smallest absolute Gasteiger partial charge is 0.410 e. The van der Waals surface area contributed by atoms with E-state index >= 15 is 0 Å². The molecule has 0 bridgehead atoms. The Morgan fingerprint density at radius 3 is 2.48 bits per heavy atom. The predicted octanol–water partition coefficient (Wildman–Crippen LogP) is 2.59. The molecule has 2 fully saturated rings. The van der Waals surface area contributed by atoms with Crippen LogP contribution in [0, 0.1) is 5.82 Å². The second-order valence-corrected chi connectivity index (χ2v) is 7.38. The van der Waals surface area contributed by atoms with Gasteiger partial charge in [-0.3, -0.25) is 0 Å². The Hall–Kier alpha value is -2.35. The number of carbonyl (C=O) groups excluding carboxylic acids is 2. The molecule has 3 amide bonds. The van der Waals surface area contributed by atoms with Crippen molar-refractivity contribution in [3.8, 4) is 0 Å². The Morgan fingerprint density at radius 2 is 1.88 bits per heavy atom. The summed E-state index contributed by atoms with van der Waals surface area (Å²) in [7, 11) is 0. The molecule has 3 rings (SSSR count). The summed E-state index contributed by atoms with van der Waals surface area (Å²) in [6, 6.07) is 5.68. The summed E-state index contributed by atoms with van der Waals surface area (Å²) >= 11 is 0. The number of hydrazine groups is 1. The second kappa shape index (κ2) is 6.18. The third-order valence-electron chi connectivity index (χ3n) is 4.24. The van der Waals surface area contributed by atoms with Gasteiger partial charge in [0.15, 0.2) is 0 Å².